The average molecular weight is 158 g/mol. The topological polar surface area (TPSA) is 66.8 Å². The molecule has 0 amide bonds. The second kappa shape index (κ2) is 3.48. The van der Waals surface area contributed by atoms with E-state index in [2.05, 4.69) is 4.18 Å². The van der Waals surface area contributed by atoms with Crippen molar-refractivity contribution in [2.45, 2.75) is 6.92 Å². The molecule has 0 unspecified atom stereocenters. The van der Waals surface area contributed by atoms with Gasteiger partial charge in [0.2, 0.25) is 0 Å². The van der Waals surface area contributed by atoms with Gasteiger partial charge in [-0.2, -0.15) is 0 Å². The Morgan fingerprint density at radius 3 is 2.38 bits per heavy atom. The van der Waals surface area contributed by atoms with Crippen LogP contribution in [0.25, 0.3) is 0 Å². The SMILES string of the molecule is CCOSP(=O)(O)O. The van der Waals surface area contributed by atoms with Gasteiger partial charge in [0.15, 0.2) is 0 Å². The molecule has 4 nitrogen and oxygen atoms in total. The molecule has 8 heavy (non-hydrogen) atoms. The van der Waals surface area contributed by atoms with E-state index in [0.717, 1.165) is 0 Å². The Hall–Kier alpha value is 0.460. The quantitative estimate of drug-likeness (QED) is 0.469. The molecular weight excluding hydrogens is 151 g/mol. The van der Waals surface area contributed by atoms with Crippen LogP contribution >= 0.6 is 18.5 Å². The maximum Gasteiger partial charge on any atom is 0.410 e. The highest BCUT2D eigenvalue weighted by atomic mass is 32.7. The molecule has 0 atom stereocenters. The van der Waals surface area contributed by atoms with Crippen LogP contribution in [0.5, 0.6) is 0 Å². The van der Waals surface area contributed by atoms with E-state index in [9.17, 15) is 4.57 Å². The predicted molar refractivity (Wildman–Crippen MR) is 31.3 cm³/mol. The summed E-state index contributed by atoms with van der Waals surface area (Å²) in [4.78, 5) is 16.2. The van der Waals surface area contributed by atoms with E-state index >= 15 is 0 Å². The molecule has 0 aromatic heterocycles. The number of rotatable bonds is 3. The van der Waals surface area contributed by atoms with E-state index in [0.29, 0.717) is 6.61 Å². The second-order valence-electron chi connectivity index (χ2n) is 0.972. The molecule has 0 bridgehead atoms. The van der Waals surface area contributed by atoms with Gasteiger partial charge in [0.1, 0.15) is 11.7 Å². The Bertz CT molecular complexity index is 98.2. The van der Waals surface area contributed by atoms with Crippen LogP contribution < -0.4 is 0 Å². The lowest BCUT2D eigenvalue weighted by Crippen LogP contribution is -1.76. The van der Waals surface area contributed by atoms with Crippen molar-refractivity contribution in [3.63, 3.8) is 0 Å². The zero-order chi connectivity index (χ0) is 6.62. The number of hydrogen-bond acceptors (Lipinski definition) is 3. The summed E-state index contributed by atoms with van der Waals surface area (Å²) in [6.07, 6.45) is 0. The number of hydrogen-bond donors (Lipinski definition) is 2. The van der Waals surface area contributed by atoms with Crippen LogP contribution in [-0.4, -0.2) is 16.4 Å². The van der Waals surface area contributed by atoms with Gasteiger partial charge in [0, 0.05) is 0 Å². The minimum atomic E-state index is -3.99. The van der Waals surface area contributed by atoms with Crippen molar-refractivity contribution >= 4 is 18.5 Å². The maximum absolute atomic E-state index is 9.92. The Morgan fingerprint density at radius 1 is 1.75 bits per heavy atom. The van der Waals surface area contributed by atoms with Crippen LogP contribution in [0, 0.1) is 0 Å². The Labute approximate surface area is 51.3 Å². The minimum Gasteiger partial charge on any atom is -0.315 e. The first-order chi connectivity index (χ1) is 3.56. The summed E-state index contributed by atoms with van der Waals surface area (Å²) in [6.45, 7) is -2.03. The molecule has 0 radical (unpaired) electrons. The first-order valence-corrected chi connectivity index (χ1v) is 4.89. The molecular formula is C2H7O4PS. The van der Waals surface area contributed by atoms with Gasteiger partial charge in [-0.3, -0.25) is 0 Å². The first kappa shape index (κ1) is 8.46. The van der Waals surface area contributed by atoms with E-state index in [1.165, 1.54) is 0 Å². The van der Waals surface area contributed by atoms with Crippen LogP contribution in [0.2, 0.25) is 0 Å². The molecule has 0 aliphatic carbocycles. The third-order valence-electron chi connectivity index (χ3n) is 0.268. The highest BCUT2D eigenvalue weighted by molar-refractivity contribution is 8.52. The Morgan fingerprint density at radius 2 is 2.25 bits per heavy atom. The molecule has 0 aliphatic rings. The van der Waals surface area contributed by atoms with Crippen molar-refractivity contribution in [2.75, 3.05) is 6.61 Å². The van der Waals surface area contributed by atoms with Gasteiger partial charge in [-0.1, -0.05) is 0 Å². The summed E-state index contributed by atoms with van der Waals surface area (Å²) < 4.78 is 14.3. The van der Waals surface area contributed by atoms with Gasteiger partial charge in [0.25, 0.3) is 0 Å². The van der Waals surface area contributed by atoms with Gasteiger partial charge in [-0.15, -0.1) is 0 Å². The van der Waals surface area contributed by atoms with Gasteiger partial charge in [-0.05, 0) is 6.92 Å². The van der Waals surface area contributed by atoms with Gasteiger partial charge >= 0.3 is 6.80 Å². The van der Waals surface area contributed by atoms with E-state index in [-0.39, 0.29) is 11.7 Å². The molecule has 0 spiro atoms. The van der Waals surface area contributed by atoms with Crippen molar-refractivity contribution in [2.24, 2.45) is 0 Å². The average Bonchev–Trinajstić information content (AvgIpc) is 1.59. The molecule has 0 aromatic rings. The van der Waals surface area contributed by atoms with Crippen LogP contribution in [0.3, 0.4) is 0 Å². The van der Waals surface area contributed by atoms with Crippen molar-refractivity contribution in [3.8, 4) is 0 Å². The van der Waals surface area contributed by atoms with Gasteiger partial charge in [-0.25, -0.2) is 4.57 Å². The van der Waals surface area contributed by atoms with Crippen molar-refractivity contribution in [1.29, 1.82) is 0 Å². The molecule has 6 heteroatoms. The predicted octanol–water partition coefficient (Wildman–Crippen LogP) is 0.764. The zero-order valence-electron chi connectivity index (χ0n) is 4.27. The van der Waals surface area contributed by atoms with Crippen LogP contribution in [0.1, 0.15) is 6.92 Å². The normalized spacial score (nSPS) is 11.9. The largest absolute Gasteiger partial charge is 0.410 e. The molecule has 0 saturated carbocycles. The molecule has 2 N–H and O–H groups in total. The van der Waals surface area contributed by atoms with E-state index in [1.807, 2.05) is 0 Å². The lowest BCUT2D eigenvalue weighted by molar-refractivity contribution is 0.373. The van der Waals surface area contributed by atoms with Crippen LogP contribution in [0.4, 0.5) is 0 Å². The summed E-state index contributed by atoms with van der Waals surface area (Å²) in [5.74, 6) is 0. The monoisotopic (exact) mass is 158 g/mol. The fourth-order valence-corrected chi connectivity index (χ4v) is 1.09. The van der Waals surface area contributed by atoms with Gasteiger partial charge in [0.05, 0.1) is 6.61 Å². The first-order valence-electron chi connectivity index (χ1n) is 1.93. The summed E-state index contributed by atoms with van der Waals surface area (Å²) in [7, 11) is 0. The van der Waals surface area contributed by atoms with E-state index in [1.54, 1.807) is 6.92 Å². The summed E-state index contributed by atoms with van der Waals surface area (Å²) in [5, 5.41) is 0. The molecule has 0 aliphatic heterocycles. The lowest BCUT2D eigenvalue weighted by atomic mass is 10.9. The second-order valence-corrected chi connectivity index (χ2v) is 4.21. The highest BCUT2D eigenvalue weighted by Crippen LogP contribution is 2.50. The molecule has 0 heterocycles. The smallest absolute Gasteiger partial charge is 0.315 e. The summed E-state index contributed by atoms with van der Waals surface area (Å²) in [6, 6.07) is 0. The summed E-state index contributed by atoms with van der Waals surface area (Å²) >= 11 is 0.200. The third-order valence-corrected chi connectivity index (χ3v) is 1.70. The van der Waals surface area contributed by atoms with E-state index < -0.39 is 6.80 Å². The summed E-state index contributed by atoms with van der Waals surface area (Å²) in [5.41, 5.74) is 0. The zero-order valence-corrected chi connectivity index (χ0v) is 5.98. The van der Waals surface area contributed by atoms with Crippen molar-refractivity contribution in [1.82, 2.24) is 0 Å². The standard InChI is InChI=1S/C2H7O4PS/c1-2-6-8-7(3,4)5/h2H2,1H3,(H2,3,4,5). The molecule has 0 saturated heterocycles. The minimum absolute atomic E-state index is 0.200. The van der Waals surface area contributed by atoms with Gasteiger partial charge < -0.3 is 14.0 Å². The third kappa shape index (κ3) is 6.46. The fourth-order valence-electron chi connectivity index (χ4n) is 0.121. The van der Waals surface area contributed by atoms with Crippen LogP contribution in [-0.2, 0) is 8.75 Å². The Balaban J connectivity index is 3.26. The highest BCUT2D eigenvalue weighted by Gasteiger charge is 2.13. The van der Waals surface area contributed by atoms with E-state index in [4.69, 9.17) is 9.79 Å². The molecule has 0 fully saturated rings. The molecule has 50 valence electrons. The van der Waals surface area contributed by atoms with Crippen molar-refractivity contribution < 1.29 is 18.5 Å². The lowest BCUT2D eigenvalue weighted by Gasteiger charge is -1.98. The fraction of sp³-hybridized carbons (Fsp3) is 1.00. The molecule has 0 rings (SSSR count). The maximum atomic E-state index is 9.92. The molecule has 0 aromatic carbocycles. The van der Waals surface area contributed by atoms with Crippen molar-refractivity contribution in [3.05, 3.63) is 0 Å². The van der Waals surface area contributed by atoms with Crippen LogP contribution in [0.15, 0.2) is 0 Å². The Kier molecular flexibility index (Phi) is 3.68.